The fourth-order valence-electron chi connectivity index (χ4n) is 2.77. The molecule has 0 saturated heterocycles. The molecule has 0 aromatic heterocycles. The Bertz CT molecular complexity index is 989. The SMILES string of the molecule is NC(=O)[C@H](CCC(=O)O)NC(=O)[C@H](CCC(=O)O)NC(=O)CNC(=O)c1ccc(C=CC=O)cc1. The summed E-state index contributed by atoms with van der Waals surface area (Å²) >= 11 is 0. The second-order valence-corrected chi connectivity index (χ2v) is 7.25. The molecule has 0 bridgehead atoms. The molecule has 0 aliphatic carbocycles. The highest BCUT2D eigenvalue weighted by atomic mass is 16.4. The average Bonchev–Trinajstić information content (AvgIpc) is 2.81. The van der Waals surface area contributed by atoms with Gasteiger partial charge in [0.15, 0.2) is 0 Å². The number of nitrogens with one attached hydrogen (secondary N) is 3. The van der Waals surface area contributed by atoms with E-state index in [1.54, 1.807) is 12.1 Å². The van der Waals surface area contributed by atoms with Gasteiger partial charge in [0.1, 0.15) is 18.4 Å². The van der Waals surface area contributed by atoms with E-state index in [-0.39, 0.29) is 18.4 Å². The highest BCUT2D eigenvalue weighted by molar-refractivity contribution is 5.97. The van der Waals surface area contributed by atoms with Gasteiger partial charge in [-0.15, -0.1) is 0 Å². The summed E-state index contributed by atoms with van der Waals surface area (Å²) in [7, 11) is 0. The molecule has 13 nitrogen and oxygen atoms in total. The Labute approximate surface area is 199 Å². The lowest BCUT2D eigenvalue weighted by Crippen LogP contribution is -2.54. The minimum atomic E-state index is -1.38. The molecule has 0 spiro atoms. The molecule has 7 N–H and O–H groups in total. The van der Waals surface area contributed by atoms with Crippen LogP contribution in [0, 0.1) is 0 Å². The Kier molecular flexibility index (Phi) is 11.9. The van der Waals surface area contributed by atoms with Gasteiger partial charge in [-0.1, -0.05) is 18.2 Å². The van der Waals surface area contributed by atoms with Crippen molar-refractivity contribution in [3.8, 4) is 0 Å². The van der Waals surface area contributed by atoms with Crippen LogP contribution in [0.15, 0.2) is 30.3 Å². The lowest BCUT2D eigenvalue weighted by molar-refractivity contribution is -0.139. The van der Waals surface area contributed by atoms with Crippen molar-refractivity contribution in [1.29, 1.82) is 0 Å². The number of aliphatic carboxylic acids is 2. The zero-order valence-electron chi connectivity index (χ0n) is 18.6. The van der Waals surface area contributed by atoms with Crippen molar-refractivity contribution in [1.82, 2.24) is 16.0 Å². The molecule has 2 atom stereocenters. The van der Waals surface area contributed by atoms with Crippen molar-refractivity contribution in [2.75, 3.05) is 6.54 Å². The second kappa shape index (κ2) is 14.6. The van der Waals surface area contributed by atoms with Crippen LogP contribution in [0.5, 0.6) is 0 Å². The summed E-state index contributed by atoms with van der Waals surface area (Å²) in [5.41, 5.74) is 6.07. The summed E-state index contributed by atoms with van der Waals surface area (Å²) in [6, 6.07) is 3.39. The minimum absolute atomic E-state index is 0.226. The summed E-state index contributed by atoms with van der Waals surface area (Å²) in [6.07, 6.45) is 1.85. The van der Waals surface area contributed by atoms with Gasteiger partial charge in [-0.3, -0.25) is 33.6 Å². The average molecular weight is 490 g/mol. The molecule has 188 valence electrons. The molecule has 1 rings (SSSR count). The Morgan fingerprint density at radius 1 is 0.886 bits per heavy atom. The first-order valence-electron chi connectivity index (χ1n) is 10.4. The molecule has 0 saturated carbocycles. The van der Waals surface area contributed by atoms with Gasteiger partial charge < -0.3 is 31.9 Å². The quantitative estimate of drug-likeness (QED) is 0.128. The first kappa shape index (κ1) is 28.5. The fraction of sp³-hybridized carbons (Fsp3) is 0.318. The van der Waals surface area contributed by atoms with Crippen LogP contribution in [0.4, 0.5) is 0 Å². The summed E-state index contributed by atoms with van der Waals surface area (Å²) in [4.78, 5) is 80.5. The second-order valence-electron chi connectivity index (χ2n) is 7.25. The zero-order chi connectivity index (χ0) is 26.4. The normalized spacial score (nSPS) is 12.2. The minimum Gasteiger partial charge on any atom is -0.481 e. The largest absolute Gasteiger partial charge is 0.481 e. The van der Waals surface area contributed by atoms with E-state index in [4.69, 9.17) is 15.9 Å². The number of nitrogens with two attached hydrogens (primary N) is 1. The van der Waals surface area contributed by atoms with E-state index in [2.05, 4.69) is 16.0 Å². The number of carbonyl (C=O) groups is 7. The van der Waals surface area contributed by atoms with E-state index in [9.17, 15) is 33.6 Å². The number of benzene rings is 1. The molecule has 0 aliphatic rings. The van der Waals surface area contributed by atoms with Crippen LogP contribution in [0.25, 0.3) is 6.08 Å². The smallest absolute Gasteiger partial charge is 0.303 e. The van der Waals surface area contributed by atoms with Gasteiger partial charge in [-0.25, -0.2) is 0 Å². The number of hydrogen-bond donors (Lipinski definition) is 6. The number of primary amides is 1. The predicted molar refractivity (Wildman–Crippen MR) is 121 cm³/mol. The van der Waals surface area contributed by atoms with Crippen LogP contribution in [0.1, 0.15) is 41.6 Å². The third kappa shape index (κ3) is 11.2. The lowest BCUT2D eigenvalue weighted by Gasteiger charge is -2.21. The maximum Gasteiger partial charge on any atom is 0.303 e. The van der Waals surface area contributed by atoms with Gasteiger partial charge in [-0.05, 0) is 36.6 Å². The summed E-state index contributed by atoms with van der Waals surface area (Å²) < 4.78 is 0. The van der Waals surface area contributed by atoms with E-state index >= 15 is 0 Å². The monoisotopic (exact) mass is 490 g/mol. The topological polar surface area (TPSA) is 222 Å². The van der Waals surface area contributed by atoms with Gasteiger partial charge in [0, 0.05) is 18.4 Å². The fourth-order valence-corrected chi connectivity index (χ4v) is 2.77. The molecular formula is C22H26N4O9. The summed E-state index contributed by atoms with van der Waals surface area (Å²) in [6.45, 7) is -0.541. The molecular weight excluding hydrogens is 464 g/mol. The Morgan fingerprint density at radius 2 is 1.46 bits per heavy atom. The van der Waals surface area contributed by atoms with E-state index in [0.29, 0.717) is 11.8 Å². The van der Waals surface area contributed by atoms with Gasteiger partial charge in [0.25, 0.3) is 5.91 Å². The van der Waals surface area contributed by atoms with Gasteiger partial charge in [0.05, 0.1) is 6.54 Å². The number of allylic oxidation sites excluding steroid dienone is 1. The van der Waals surface area contributed by atoms with Crippen LogP contribution in [-0.2, 0) is 28.8 Å². The van der Waals surface area contributed by atoms with Crippen molar-refractivity contribution in [3.05, 3.63) is 41.5 Å². The lowest BCUT2D eigenvalue weighted by atomic mass is 10.1. The predicted octanol–water partition coefficient (Wildman–Crippen LogP) is -1.19. The van der Waals surface area contributed by atoms with Crippen LogP contribution in [0.2, 0.25) is 0 Å². The number of carbonyl (C=O) groups excluding carboxylic acids is 5. The number of rotatable bonds is 15. The van der Waals surface area contributed by atoms with Crippen LogP contribution < -0.4 is 21.7 Å². The van der Waals surface area contributed by atoms with E-state index < -0.39 is 67.0 Å². The van der Waals surface area contributed by atoms with Gasteiger partial charge in [-0.2, -0.15) is 0 Å². The summed E-state index contributed by atoms with van der Waals surface area (Å²) in [5.74, 6) is -5.80. The molecule has 0 unspecified atom stereocenters. The first-order chi connectivity index (χ1) is 16.5. The zero-order valence-corrected chi connectivity index (χ0v) is 18.6. The highest BCUT2D eigenvalue weighted by Gasteiger charge is 2.26. The number of hydrogen-bond acceptors (Lipinski definition) is 7. The van der Waals surface area contributed by atoms with Crippen LogP contribution >= 0.6 is 0 Å². The molecule has 4 amide bonds. The van der Waals surface area contributed by atoms with Crippen molar-refractivity contribution >= 4 is 47.9 Å². The van der Waals surface area contributed by atoms with Crippen molar-refractivity contribution in [2.45, 2.75) is 37.8 Å². The number of carboxylic acid groups (broad SMARTS) is 2. The Balaban J connectivity index is 2.75. The third-order valence-electron chi connectivity index (χ3n) is 4.56. The molecule has 0 radical (unpaired) electrons. The van der Waals surface area contributed by atoms with Crippen LogP contribution in [-0.4, -0.2) is 70.7 Å². The molecule has 1 aromatic rings. The molecule has 1 aromatic carbocycles. The van der Waals surface area contributed by atoms with E-state index in [1.165, 1.54) is 24.3 Å². The maximum atomic E-state index is 12.5. The molecule has 13 heteroatoms. The molecule has 0 heterocycles. The Morgan fingerprint density at radius 3 is 1.97 bits per heavy atom. The third-order valence-corrected chi connectivity index (χ3v) is 4.56. The van der Waals surface area contributed by atoms with E-state index in [0.717, 1.165) is 0 Å². The number of amides is 4. The van der Waals surface area contributed by atoms with Gasteiger partial charge in [0.2, 0.25) is 17.7 Å². The Hall–Kier alpha value is -4.55. The maximum absolute atomic E-state index is 12.5. The molecule has 0 aliphatic heterocycles. The number of aldehydes is 1. The van der Waals surface area contributed by atoms with Gasteiger partial charge >= 0.3 is 11.9 Å². The highest BCUT2D eigenvalue weighted by Crippen LogP contribution is 2.06. The first-order valence-corrected chi connectivity index (χ1v) is 10.4. The standard InChI is InChI=1S/C22H26N4O9/c23-20(33)15(7-9-18(29)30)26-22(35)16(8-10-19(31)32)25-17(28)12-24-21(34)14-5-3-13(4-6-14)2-1-11-27/h1-6,11,15-16H,7-10,12H2,(H2,23,33)(H,24,34)(H,25,28)(H,26,35)(H,29,30)(H,31,32)/t15-,16-/m0/s1. The molecule has 0 fully saturated rings. The van der Waals surface area contributed by atoms with Crippen molar-refractivity contribution in [3.63, 3.8) is 0 Å². The van der Waals surface area contributed by atoms with Crippen molar-refractivity contribution < 1.29 is 43.8 Å². The summed E-state index contributed by atoms with van der Waals surface area (Å²) in [5, 5.41) is 24.5. The van der Waals surface area contributed by atoms with Crippen LogP contribution in [0.3, 0.4) is 0 Å². The van der Waals surface area contributed by atoms with E-state index in [1.807, 2.05) is 0 Å². The molecule has 35 heavy (non-hydrogen) atoms. The van der Waals surface area contributed by atoms with Crippen molar-refractivity contribution in [2.24, 2.45) is 5.73 Å². The number of carboxylic acids is 2.